The summed E-state index contributed by atoms with van der Waals surface area (Å²) in [5, 5.41) is 15.4. The Morgan fingerprint density at radius 2 is 1.41 bits per heavy atom. The van der Waals surface area contributed by atoms with Crippen LogP contribution in [0.5, 0.6) is 0 Å². The first-order chi connectivity index (χ1) is 19.9. The van der Waals surface area contributed by atoms with Gasteiger partial charge in [-0.05, 0) is 46.5 Å². The Kier molecular flexibility index (Phi) is 5.43. The van der Waals surface area contributed by atoms with E-state index in [-0.39, 0.29) is 29.0 Å². The second-order valence-corrected chi connectivity index (χ2v) is 10.4. The van der Waals surface area contributed by atoms with Gasteiger partial charge in [0.25, 0.3) is 11.6 Å². The number of carbonyl (C=O) groups is 3. The van der Waals surface area contributed by atoms with Crippen LogP contribution in [0.2, 0.25) is 0 Å². The molecule has 9 nitrogen and oxygen atoms in total. The number of rotatable bonds is 5. The largest absolute Gasteiger partial charge is 0.274 e. The number of nitro groups is 1. The van der Waals surface area contributed by atoms with Gasteiger partial charge in [0.15, 0.2) is 0 Å². The zero-order chi connectivity index (χ0) is 28.3. The van der Waals surface area contributed by atoms with E-state index in [0.717, 1.165) is 22.3 Å². The SMILES string of the molecule is O=C(N/N=C\C12c3ccccc3C(c3ccccc31)[C@@H]1C(=O)N(c3ccccc3)C(=O)[C@@H]12)c1ccc([N+](=O)[O-])cc1. The molecule has 200 valence electrons. The van der Waals surface area contributed by atoms with Crippen molar-refractivity contribution in [2.75, 3.05) is 4.90 Å². The van der Waals surface area contributed by atoms with Gasteiger partial charge in [0.2, 0.25) is 11.8 Å². The van der Waals surface area contributed by atoms with Crippen LogP contribution < -0.4 is 10.3 Å². The molecular formula is C32H22N4O5. The quantitative estimate of drug-likeness (QED) is 0.171. The Hall–Kier alpha value is -5.44. The normalized spacial score (nSPS) is 23.7. The average molecular weight is 543 g/mol. The minimum Gasteiger partial charge on any atom is -0.274 e. The van der Waals surface area contributed by atoms with Crippen LogP contribution in [0.1, 0.15) is 38.5 Å². The smallest absolute Gasteiger partial charge is 0.271 e. The molecule has 3 amide bonds. The molecule has 0 saturated carbocycles. The summed E-state index contributed by atoms with van der Waals surface area (Å²) >= 11 is 0. The molecule has 0 radical (unpaired) electrons. The summed E-state index contributed by atoms with van der Waals surface area (Å²) in [7, 11) is 0. The third kappa shape index (κ3) is 3.42. The highest BCUT2D eigenvalue weighted by Gasteiger charge is 2.68. The van der Waals surface area contributed by atoms with Crippen molar-refractivity contribution in [3.8, 4) is 0 Å². The lowest BCUT2D eigenvalue weighted by Gasteiger charge is -2.52. The van der Waals surface area contributed by atoms with Crippen LogP contribution in [0.25, 0.3) is 0 Å². The van der Waals surface area contributed by atoms with Crippen molar-refractivity contribution in [2.24, 2.45) is 16.9 Å². The Labute approximate surface area is 234 Å². The summed E-state index contributed by atoms with van der Waals surface area (Å²) in [6.45, 7) is 0. The third-order valence-electron chi connectivity index (χ3n) is 8.47. The van der Waals surface area contributed by atoms with E-state index < -0.39 is 28.1 Å². The van der Waals surface area contributed by atoms with Crippen LogP contribution in [0.3, 0.4) is 0 Å². The van der Waals surface area contributed by atoms with Gasteiger partial charge in [-0.1, -0.05) is 66.7 Å². The average Bonchev–Trinajstić information content (AvgIpc) is 3.28. The molecule has 3 aliphatic carbocycles. The molecule has 0 unspecified atom stereocenters. The first kappa shape index (κ1) is 24.6. The molecule has 2 atom stereocenters. The monoisotopic (exact) mass is 542 g/mol. The number of benzene rings is 4. The van der Waals surface area contributed by atoms with Gasteiger partial charge in [-0.2, -0.15) is 5.10 Å². The summed E-state index contributed by atoms with van der Waals surface area (Å²) in [6.07, 6.45) is 1.58. The second-order valence-electron chi connectivity index (χ2n) is 10.4. The number of para-hydroxylation sites is 1. The van der Waals surface area contributed by atoms with E-state index in [1.54, 1.807) is 30.5 Å². The first-order valence-electron chi connectivity index (χ1n) is 13.1. The van der Waals surface area contributed by atoms with Crippen LogP contribution in [0.15, 0.2) is 108 Å². The molecule has 4 aromatic carbocycles. The summed E-state index contributed by atoms with van der Waals surface area (Å²) in [5.41, 5.74) is 5.64. The number of nitrogens with one attached hydrogen (secondary N) is 1. The number of amides is 3. The third-order valence-corrected chi connectivity index (χ3v) is 8.47. The number of nitrogens with zero attached hydrogens (tertiary/aromatic N) is 3. The lowest BCUT2D eigenvalue weighted by Crippen LogP contribution is -2.54. The Bertz CT molecular complexity index is 1740. The van der Waals surface area contributed by atoms with Gasteiger partial charge in [0.1, 0.15) is 0 Å². The molecule has 2 bridgehead atoms. The van der Waals surface area contributed by atoms with Crippen molar-refractivity contribution in [1.82, 2.24) is 5.43 Å². The van der Waals surface area contributed by atoms with Crippen molar-refractivity contribution >= 4 is 35.3 Å². The minimum absolute atomic E-state index is 0.130. The molecule has 8 rings (SSSR count). The van der Waals surface area contributed by atoms with E-state index in [4.69, 9.17) is 0 Å². The maximum Gasteiger partial charge on any atom is 0.271 e. The number of non-ortho nitro benzene ring substituents is 1. The van der Waals surface area contributed by atoms with Gasteiger partial charge in [-0.25, -0.2) is 10.3 Å². The molecule has 41 heavy (non-hydrogen) atoms. The number of hydrazone groups is 1. The zero-order valence-electron chi connectivity index (χ0n) is 21.5. The van der Waals surface area contributed by atoms with Crippen molar-refractivity contribution in [1.29, 1.82) is 0 Å². The highest BCUT2D eigenvalue weighted by atomic mass is 16.6. The standard InChI is InChI=1S/C32H22N4O5/c37-29(19-14-16-21(17-15-19)36(40)41)34-33-18-32-24-12-6-4-10-22(24)26(23-11-5-7-13-25(23)32)27-28(32)31(39)35(30(27)38)20-8-2-1-3-9-20/h1-18,26-28H,(H,34,37)/b33-18-/t26?,27-,28+,32?/m0/s1. The topological polar surface area (TPSA) is 122 Å². The Morgan fingerprint density at radius 1 is 0.829 bits per heavy atom. The van der Waals surface area contributed by atoms with Crippen LogP contribution in [0, 0.1) is 22.0 Å². The van der Waals surface area contributed by atoms with Gasteiger partial charge < -0.3 is 0 Å². The number of hydrogen-bond acceptors (Lipinski definition) is 6. The van der Waals surface area contributed by atoms with Crippen molar-refractivity contribution < 1.29 is 19.3 Å². The van der Waals surface area contributed by atoms with E-state index in [9.17, 15) is 24.5 Å². The van der Waals surface area contributed by atoms with Gasteiger partial charge in [-0.3, -0.25) is 24.5 Å². The van der Waals surface area contributed by atoms with Gasteiger partial charge in [0, 0.05) is 29.8 Å². The lowest BCUT2D eigenvalue weighted by molar-refractivity contribution is -0.384. The fourth-order valence-electron chi connectivity index (χ4n) is 6.87. The maximum atomic E-state index is 14.3. The van der Waals surface area contributed by atoms with E-state index in [1.807, 2.05) is 54.6 Å². The van der Waals surface area contributed by atoms with Crippen molar-refractivity contribution in [2.45, 2.75) is 11.3 Å². The molecule has 9 heteroatoms. The number of carbonyl (C=O) groups excluding carboxylic acids is 3. The molecule has 1 aliphatic heterocycles. The Balaban J connectivity index is 1.36. The van der Waals surface area contributed by atoms with Crippen LogP contribution in [-0.4, -0.2) is 28.9 Å². The summed E-state index contributed by atoms with van der Waals surface area (Å²) in [4.78, 5) is 53.0. The number of hydrogen-bond donors (Lipinski definition) is 1. The lowest BCUT2D eigenvalue weighted by atomic mass is 9.47. The van der Waals surface area contributed by atoms with Gasteiger partial charge in [-0.15, -0.1) is 0 Å². The van der Waals surface area contributed by atoms with Crippen LogP contribution in [-0.2, 0) is 15.0 Å². The molecule has 0 spiro atoms. The van der Waals surface area contributed by atoms with Crippen LogP contribution in [0.4, 0.5) is 11.4 Å². The van der Waals surface area contributed by atoms with Gasteiger partial charge >= 0.3 is 0 Å². The van der Waals surface area contributed by atoms with E-state index >= 15 is 0 Å². The van der Waals surface area contributed by atoms with Crippen molar-refractivity contribution in [3.63, 3.8) is 0 Å². The predicted molar refractivity (Wildman–Crippen MR) is 150 cm³/mol. The maximum absolute atomic E-state index is 14.3. The summed E-state index contributed by atoms with van der Waals surface area (Å²) < 4.78 is 0. The van der Waals surface area contributed by atoms with E-state index in [2.05, 4.69) is 10.5 Å². The van der Waals surface area contributed by atoms with E-state index in [0.29, 0.717) is 5.69 Å². The molecule has 1 heterocycles. The zero-order valence-corrected chi connectivity index (χ0v) is 21.5. The summed E-state index contributed by atoms with van der Waals surface area (Å²) in [6, 6.07) is 29.7. The molecule has 4 aromatic rings. The van der Waals surface area contributed by atoms with Crippen LogP contribution >= 0.6 is 0 Å². The van der Waals surface area contributed by atoms with Gasteiger partial charge in [0.05, 0.1) is 27.9 Å². The molecule has 1 fully saturated rings. The summed E-state index contributed by atoms with van der Waals surface area (Å²) in [5.74, 6) is -2.85. The Morgan fingerprint density at radius 3 is 2.02 bits per heavy atom. The second kappa shape index (κ2) is 9.06. The molecule has 1 saturated heterocycles. The molecule has 0 aromatic heterocycles. The fraction of sp³-hybridized carbons (Fsp3) is 0.125. The fourth-order valence-corrected chi connectivity index (χ4v) is 6.87. The van der Waals surface area contributed by atoms with E-state index in [1.165, 1.54) is 29.2 Å². The predicted octanol–water partition coefficient (Wildman–Crippen LogP) is 4.56. The minimum atomic E-state index is -1.12. The number of imide groups is 1. The first-order valence-corrected chi connectivity index (χ1v) is 13.1. The van der Waals surface area contributed by atoms with Crippen molar-refractivity contribution in [3.05, 3.63) is 141 Å². The molecule has 1 N–H and O–H groups in total. The molecular weight excluding hydrogens is 520 g/mol. The molecule has 4 aliphatic rings. The number of nitro benzene ring substituents is 1. The highest BCUT2D eigenvalue weighted by molar-refractivity contribution is 6.25. The number of anilines is 1. The highest BCUT2D eigenvalue weighted by Crippen LogP contribution is 2.63.